The molecule has 0 bridgehead atoms. The van der Waals surface area contributed by atoms with Gasteiger partial charge < -0.3 is 10.6 Å². The van der Waals surface area contributed by atoms with E-state index < -0.39 is 11.7 Å². The molecule has 1 saturated carbocycles. The van der Waals surface area contributed by atoms with E-state index in [1.54, 1.807) is 30.0 Å². The van der Waals surface area contributed by atoms with E-state index in [0.717, 1.165) is 41.5 Å². The number of aryl methyl sites for hydroxylation is 1. The zero-order chi connectivity index (χ0) is 19.5. The van der Waals surface area contributed by atoms with Crippen LogP contribution in [0.3, 0.4) is 0 Å². The summed E-state index contributed by atoms with van der Waals surface area (Å²) < 4.78 is 39.2. The highest BCUT2D eigenvalue weighted by atomic mass is 127. The number of benzene rings is 1. The molecule has 0 atom stereocenters. The van der Waals surface area contributed by atoms with Crippen molar-refractivity contribution in [1.29, 1.82) is 0 Å². The first kappa shape index (κ1) is 22.9. The fraction of sp³-hybridized carbons (Fsp3) is 0.474. The molecule has 1 aliphatic rings. The maximum atomic E-state index is 13.1. The van der Waals surface area contributed by atoms with Crippen molar-refractivity contribution in [2.24, 2.45) is 4.99 Å². The Morgan fingerprint density at radius 3 is 2.57 bits per heavy atom. The van der Waals surface area contributed by atoms with Crippen LogP contribution in [0.2, 0.25) is 0 Å². The van der Waals surface area contributed by atoms with Gasteiger partial charge in [-0.25, -0.2) is 4.98 Å². The lowest BCUT2D eigenvalue weighted by Crippen LogP contribution is -2.48. The van der Waals surface area contributed by atoms with Crippen LogP contribution in [0, 0.1) is 6.92 Å². The predicted octanol–water partition coefficient (Wildman–Crippen LogP) is 4.88. The number of thiazole rings is 1. The maximum Gasteiger partial charge on any atom is 0.416 e. The normalized spacial score (nSPS) is 16.1. The number of guanidine groups is 1. The number of rotatable bonds is 5. The summed E-state index contributed by atoms with van der Waals surface area (Å²) in [5.74, 6) is 0.640. The van der Waals surface area contributed by atoms with Gasteiger partial charge in [0.05, 0.1) is 23.3 Å². The zero-order valence-electron chi connectivity index (χ0n) is 15.8. The van der Waals surface area contributed by atoms with Gasteiger partial charge in [0.1, 0.15) is 0 Å². The van der Waals surface area contributed by atoms with E-state index in [1.807, 2.05) is 6.92 Å². The first-order valence-corrected chi connectivity index (χ1v) is 9.73. The molecule has 0 saturated heterocycles. The predicted molar refractivity (Wildman–Crippen MR) is 117 cm³/mol. The molecule has 0 amide bonds. The summed E-state index contributed by atoms with van der Waals surface area (Å²) in [5, 5.41) is 6.54. The van der Waals surface area contributed by atoms with Crippen molar-refractivity contribution in [3.05, 3.63) is 51.5 Å². The molecule has 1 aliphatic carbocycles. The zero-order valence-corrected chi connectivity index (χ0v) is 18.9. The molecule has 9 heteroatoms. The van der Waals surface area contributed by atoms with Crippen molar-refractivity contribution in [3.8, 4) is 0 Å². The third kappa shape index (κ3) is 5.16. The molecule has 1 fully saturated rings. The van der Waals surface area contributed by atoms with Gasteiger partial charge in [0, 0.05) is 23.9 Å². The Kier molecular flexibility index (Phi) is 7.72. The Bertz CT molecular complexity index is 816. The third-order valence-electron chi connectivity index (χ3n) is 5.19. The van der Waals surface area contributed by atoms with Gasteiger partial charge in [-0.3, -0.25) is 4.99 Å². The van der Waals surface area contributed by atoms with Crippen molar-refractivity contribution < 1.29 is 13.2 Å². The van der Waals surface area contributed by atoms with Gasteiger partial charge in [-0.2, -0.15) is 13.2 Å². The lowest BCUT2D eigenvalue weighted by Gasteiger charge is -2.43. The SMILES string of the molecule is CN=C(NCc1scnc1C)NCC1(c2cccc(C(F)(F)F)c2)CCC1.I. The summed E-state index contributed by atoms with van der Waals surface area (Å²) in [6, 6.07) is 5.71. The van der Waals surface area contributed by atoms with Crippen LogP contribution < -0.4 is 10.6 Å². The van der Waals surface area contributed by atoms with Gasteiger partial charge in [0.2, 0.25) is 0 Å². The van der Waals surface area contributed by atoms with Crippen molar-refractivity contribution >= 4 is 41.3 Å². The number of hydrogen-bond acceptors (Lipinski definition) is 3. The van der Waals surface area contributed by atoms with Crippen molar-refractivity contribution in [1.82, 2.24) is 15.6 Å². The summed E-state index contributed by atoms with van der Waals surface area (Å²) in [6.45, 7) is 3.13. The summed E-state index contributed by atoms with van der Waals surface area (Å²) in [5.41, 5.74) is 2.67. The Morgan fingerprint density at radius 2 is 2.04 bits per heavy atom. The fourth-order valence-corrected chi connectivity index (χ4v) is 4.05. The molecule has 154 valence electrons. The molecule has 3 rings (SSSR count). The van der Waals surface area contributed by atoms with Crippen LogP contribution in [0.1, 0.15) is 41.0 Å². The van der Waals surface area contributed by atoms with Crippen LogP contribution >= 0.6 is 35.3 Å². The maximum absolute atomic E-state index is 13.1. The molecular formula is C19H24F3IN4S. The van der Waals surface area contributed by atoms with Crippen LogP contribution in [0.15, 0.2) is 34.8 Å². The van der Waals surface area contributed by atoms with Crippen LogP contribution in [0.4, 0.5) is 13.2 Å². The highest BCUT2D eigenvalue weighted by Gasteiger charge is 2.40. The molecule has 2 aromatic rings. The molecule has 0 unspecified atom stereocenters. The van der Waals surface area contributed by atoms with Gasteiger partial charge in [-0.15, -0.1) is 35.3 Å². The largest absolute Gasteiger partial charge is 0.416 e. The number of hydrogen-bond donors (Lipinski definition) is 2. The molecule has 0 aliphatic heterocycles. The van der Waals surface area contributed by atoms with Crippen LogP contribution in [0.5, 0.6) is 0 Å². The number of aliphatic imine (C=N–C) groups is 1. The minimum atomic E-state index is -4.32. The lowest BCUT2D eigenvalue weighted by molar-refractivity contribution is -0.137. The minimum Gasteiger partial charge on any atom is -0.356 e. The van der Waals surface area contributed by atoms with Crippen LogP contribution in [-0.2, 0) is 18.1 Å². The highest BCUT2D eigenvalue weighted by Crippen LogP contribution is 2.44. The molecule has 2 N–H and O–H groups in total. The minimum absolute atomic E-state index is 0. The number of aromatic nitrogens is 1. The second kappa shape index (κ2) is 9.43. The Balaban J connectivity index is 0.00000280. The van der Waals surface area contributed by atoms with E-state index >= 15 is 0 Å². The quantitative estimate of drug-likeness (QED) is 0.333. The first-order chi connectivity index (χ1) is 12.8. The summed E-state index contributed by atoms with van der Waals surface area (Å²) >= 11 is 1.58. The monoisotopic (exact) mass is 524 g/mol. The summed E-state index contributed by atoms with van der Waals surface area (Å²) in [7, 11) is 1.69. The molecule has 0 radical (unpaired) electrons. The van der Waals surface area contributed by atoms with E-state index in [2.05, 4.69) is 20.6 Å². The van der Waals surface area contributed by atoms with Crippen molar-refractivity contribution in [3.63, 3.8) is 0 Å². The van der Waals surface area contributed by atoms with E-state index in [0.29, 0.717) is 19.0 Å². The van der Waals surface area contributed by atoms with Gasteiger partial charge in [-0.05, 0) is 31.4 Å². The van der Waals surface area contributed by atoms with Crippen LogP contribution in [0.25, 0.3) is 0 Å². The van der Waals surface area contributed by atoms with Crippen molar-refractivity contribution in [2.75, 3.05) is 13.6 Å². The molecule has 1 aromatic heterocycles. The third-order valence-corrected chi connectivity index (χ3v) is 6.13. The molecule has 1 aromatic carbocycles. The van der Waals surface area contributed by atoms with Gasteiger partial charge in [-0.1, -0.05) is 24.6 Å². The van der Waals surface area contributed by atoms with E-state index in [1.165, 1.54) is 12.1 Å². The standard InChI is InChI=1S/C19H23F3N4S.HI/c1-13-16(27-12-26-13)10-24-17(23-2)25-11-18(7-4-8-18)14-5-3-6-15(9-14)19(20,21)22;/h3,5-6,9,12H,4,7-8,10-11H2,1-2H3,(H2,23,24,25);1H. The van der Waals surface area contributed by atoms with Crippen molar-refractivity contribution in [2.45, 2.75) is 44.3 Å². The highest BCUT2D eigenvalue weighted by molar-refractivity contribution is 14.0. The summed E-state index contributed by atoms with van der Waals surface area (Å²) in [6.07, 6.45) is -1.57. The lowest BCUT2D eigenvalue weighted by atomic mass is 9.64. The topological polar surface area (TPSA) is 49.3 Å². The number of nitrogens with zero attached hydrogens (tertiary/aromatic N) is 2. The molecule has 0 spiro atoms. The molecule has 4 nitrogen and oxygen atoms in total. The number of alkyl halides is 3. The Hall–Kier alpha value is -1.36. The number of halogens is 4. The second-order valence-electron chi connectivity index (χ2n) is 6.85. The average molecular weight is 524 g/mol. The van der Waals surface area contributed by atoms with E-state index in [-0.39, 0.29) is 29.4 Å². The molecule has 1 heterocycles. The van der Waals surface area contributed by atoms with Gasteiger partial charge >= 0.3 is 6.18 Å². The van der Waals surface area contributed by atoms with E-state index in [9.17, 15) is 13.2 Å². The van der Waals surface area contributed by atoms with E-state index in [4.69, 9.17) is 0 Å². The fourth-order valence-electron chi connectivity index (χ4n) is 3.33. The van der Waals surface area contributed by atoms with Gasteiger partial charge in [0.25, 0.3) is 0 Å². The summed E-state index contributed by atoms with van der Waals surface area (Å²) in [4.78, 5) is 9.58. The number of nitrogens with one attached hydrogen (secondary N) is 2. The average Bonchev–Trinajstić information content (AvgIpc) is 3.01. The first-order valence-electron chi connectivity index (χ1n) is 8.85. The Labute approximate surface area is 184 Å². The molecule has 28 heavy (non-hydrogen) atoms. The van der Waals surface area contributed by atoms with Crippen LogP contribution in [-0.4, -0.2) is 24.5 Å². The molecular weight excluding hydrogens is 500 g/mol. The second-order valence-corrected chi connectivity index (χ2v) is 7.79. The Morgan fingerprint density at radius 1 is 1.29 bits per heavy atom. The van der Waals surface area contributed by atoms with Gasteiger partial charge in [0.15, 0.2) is 5.96 Å². The smallest absolute Gasteiger partial charge is 0.356 e.